The fourth-order valence-electron chi connectivity index (χ4n) is 3.72. The van der Waals surface area contributed by atoms with E-state index in [1.807, 2.05) is 61.1 Å². The zero-order chi connectivity index (χ0) is 22.1. The highest BCUT2D eigenvalue weighted by Gasteiger charge is 2.33. The zero-order valence-electron chi connectivity index (χ0n) is 18.0. The molecule has 2 aromatic heterocycles. The SMILES string of the molecule is CCOC(=O)C1=C(C)N=c2s/c(=C/c3cn(CC)nc3C)c(=O)n2C1c1ccccc1. The number of benzene rings is 1. The molecule has 1 aliphatic heterocycles. The molecule has 1 unspecified atom stereocenters. The highest BCUT2D eigenvalue weighted by molar-refractivity contribution is 7.07. The number of hydrogen-bond acceptors (Lipinski definition) is 6. The molecule has 0 amide bonds. The summed E-state index contributed by atoms with van der Waals surface area (Å²) in [5, 5.41) is 4.46. The maximum absolute atomic E-state index is 13.5. The van der Waals surface area contributed by atoms with Crippen LogP contribution >= 0.6 is 11.3 Å². The lowest BCUT2D eigenvalue weighted by Gasteiger charge is -2.24. The van der Waals surface area contributed by atoms with Gasteiger partial charge < -0.3 is 4.74 Å². The Morgan fingerprint density at radius 1 is 1.23 bits per heavy atom. The van der Waals surface area contributed by atoms with Crippen molar-refractivity contribution in [2.24, 2.45) is 4.99 Å². The summed E-state index contributed by atoms with van der Waals surface area (Å²) in [6.07, 6.45) is 3.78. The Kier molecular flexibility index (Phi) is 5.73. The number of allylic oxidation sites excluding steroid dienone is 1. The topological polar surface area (TPSA) is 78.5 Å². The number of hydrogen-bond donors (Lipinski definition) is 0. The van der Waals surface area contributed by atoms with E-state index >= 15 is 0 Å². The minimum absolute atomic E-state index is 0.185. The Morgan fingerprint density at radius 3 is 2.61 bits per heavy atom. The van der Waals surface area contributed by atoms with Gasteiger partial charge in [0.05, 0.1) is 34.1 Å². The highest BCUT2D eigenvalue weighted by Crippen LogP contribution is 2.30. The molecule has 1 atom stereocenters. The second kappa shape index (κ2) is 8.47. The second-order valence-electron chi connectivity index (χ2n) is 7.24. The van der Waals surface area contributed by atoms with Crippen molar-refractivity contribution in [2.45, 2.75) is 40.3 Å². The predicted molar refractivity (Wildman–Crippen MR) is 119 cm³/mol. The van der Waals surface area contributed by atoms with Crippen LogP contribution in [0.25, 0.3) is 6.08 Å². The number of esters is 1. The summed E-state index contributed by atoms with van der Waals surface area (Å²) >= 11 is 1.32. The lowest BCUT2D eigenvalue weighted by atomic mass is 9.96. The average Bonchev–Trinajstić information content (AvgIpc) is 3.27. The summed E-state index contributed by atoms with van der Waals surface area (Å²) in [5.41, 5.74) is 3.36. The van der Waals surface area contributed by atoms with Crippen LogP contribution in [0.1, 0.15) is 43.6 Å². The monoisotopic (exact) mass is 436 g/mol. The van der Waals surface area contributed by atoms with Gasteiger partial charge in [-0.2, -0.15) is 5.10 Å². The van der Waals surface area contributed by atoms with Crippen molar-refractivity contribution in [1.29, 1.82) is 0 Å². The van der Waals surface area contributed by atoms with Gasteiger partial charge in [-0.1, -0.05) is 41.7 Å². The maximum atomic E-state index is 13.5. The van der Waals surface area contributed by atoms with E-state index in [1.165, 1.54) is 11.3 Å². The largest absolute Gasteiger partial charge is 0.463 e. The molecule has 0 saturated heterocycles. The normalized spacial score (nSPS) is 16.3. The Bertz CT molecular complexity index is 1350. The first-order chi connectivity index (χ1) is 14.9. The number of rotatable bonds is 5. The molecule has 0 radical (unpaired) electrons. The van der Waals surface area contributed by atoms with Gasteiger partial charge in [0.1, 0.15) is 0 Å². The Morgan fingerprint density at radius 2 is 1.97 bits per heavy atom. The first-order valence-corrected chi connectivity index (χ1v) is 11.0. The van der Waals surface area contributed by atoms with Crippen LogP contribution in [0.5, 0.6) is 0 Å². The van der Waals surface area contributed by atoms with E-state index in [4.69, 9.17) is 4.74 Å². The van der Waals surface area contributed by atoms with Crippen LogP contribution in [-0.2, 0) is 16.1 Å². The molecule has 1 aliphatic rings. The average molecular weight is 437 g/mol. The molecule has 0 N–H and O–H groups in total. The number of carbonyl (C=O) groups excluding carboxylic acids is 1. The first-order valence-electron chi connectivity index (χ1n) is 10.2. The van der Waals surface area contributed by atoms with E-state index in [9.17, 15) is 9.59 Å². The van der Waals surface area contributed by atoms with Gasteiger partial charge in [0.15, 0.2) is 4.80 Å². The van der Waals surface area contributed by atoms with Gasteiger partial charge >= 0.3 is 5.97 Å². The summed E-state index contributed by atoms with van der Waals surface area (Å²) in [5.74, 6) is -0.452. The lowest BCUT2D eigenvalue weighted by molar-refractivity contribution is -0.139. The van der Waals surface area contributed by atoms with E-state index in [1.54, 1.807) is 18.4 Å². The molecule has 0 aliphatic carbocycles. The fourth-order valence-corrected chi connectivity index (χ4v) is 4.76. The second-order valence-corrected chi connectivity index (χ2v) is 8.25. The molecule has 0 saturated carbocycles. The van der Waals surface area contributed by atoms with Crippen molar-refractivity contribution < 1.29 is 9.53 Å². The number of nitrogens with zero attached hydrogens (tertiary/aromatic N) is 4. The van der Waals surface area contributed by atoms with Crippen LogP contribution in [0.2, 0.25) is 0 Å². The first kappa shape index (κ1) is 21.0. The number of ether oxygens (including phenoxy) is 1. The number of thiazole rings is 1. The third-order valence-electron chi connectivity index (χ3n) is 5.23. The van der Waals surface area contributed by atoms with Gasteiger partial charge in [-0.3, -0.25) is 14.0 Å². The summed E-state index contributed by atoms with van der Waals surface area (Å²) in [7, 11) is 0. The predicted octanol–water partition coefficient (Wildman–Crippen LogP) is 2.32. The molecule has 0 spiro atoms. The summed E-state index contributed by atoms with van der Waals surface area (Å²) in [6, 6.07) is 8.93. The van der Waals surface area contributed by atoms with Crippen LogP contribution in [0.3, 0.4) is 0 Å². The quantitative estimate of drug-likeness (QED) is 0.575. The van der Waals surface area contributed by atoms with Crippen LogP contribution in [0.15, 0.2) is 57.6 Å². The lowest BCUT2D eigenvalue weighted by Crippen LogP contribution is -2.39. The number of carbonyl (C=O) groups is 1. The van der Waals surface area contributed by atoms with Gasteiger partial charge in [0.2, 0.25) is 0 Å². The molecular weight excluding hydrogens is 412 g/mol. The summed E-state index contributed by atoms with van der Waals surface area (Å²) in [6.45, 7) is 8.50. The van der Waals surface area contributed by atoms with Gasteiger partial charge in [-0.25, -0.2) is 9.79 Å². The molecule has 1 aromatic carbocycles. The third kappa shape index (κ3) is 3.79. The van der Waals surface area contributed by atoms with Crippen LogP contribution in [0.4, 0.5) is 0 Å². The minimum atomic E-state index is -0.585. The van der Waals surface area contributed by atoms with Crippen molar-refractivity contribution in [3.63, 3.8) is 0 Å². The van der Waals surface area contributed by atoms with Gasteiger partial charge in [-0.05, 0) is 39.3 Å². The van der Waals surface area contributed by atoms with E-state index in [2.05, 4.69) is 10.1 Å². The zero-order valence-corrected chi connectivity index (χ0v) is 18.8. The summed E-state index contributed by atoms with van der Waals surface area (Å²) < 4.78 is 9.30. The van der Waals surface area contributed by atoms with Crippen molar-refractivity contribution in [2.75, 3.05) is 6.61 Å². The molecule has 3 heterocycles. The molecular formula is C23H24N4O3S. The minimum Gasteiger partial charge on any atom is -0.463 e. The molecule has 8 heteroatoms. The smallest absolute Gasteiger partial charge is 0.338 e. The van der Waals surface area contributed by atoms with E-state index < -0.39 is 12.0 Å². The number of aryl methyl sites for hydroxylation is 2. The molecule has 0 bridgehead atoms. The maximum Gasteiger partial charge on any atom is 0.338 e. The van der Waals surface area contributed by atoms with Gasteiger partial charge in [-0.15, -0.1) is 0 Å². The molecule has 4 rings (SSSR count). The van der Waals surface area contributed by atoms with Crippen molar-refractivity contribution >= 4 is 23.4 Å². The molecule has 0 fully saturated rings. The third-order valence-corrected chi connectivity index (χ3v) is 6.21. The van der Waals surface area contributed by atoms with Crippen LogP contribution < -0.4 is 14.9 Å². The highest BCUT2D eigenvalue weighted by atomic mass is 32.1. The Balaban J connectivity index is 1.95. The molecule has 3 aromatic rings. The Hall–Kier alpha value is -3.26. The molecule has 7 nitrogen and oxygen atoms in total. The molecule has 31 heavy (non-hydrogen) atoms. The van der Waals surface area contributed by atoms with E-state index in [0.717, 1.165) is 23.4 Å². The number of fused-ring (bicyclic) bond motifs is 1. The van der Waals surface area contributed by atoms with Gasteiger partial charge in [0, 0.05) is 18.3 Å². The summed E-state index contributed by atoms with van der Waals surface area (Å²) in [4.78, 5) is 31.5. The van der Waals surface area contributed by atoms with E-state index in [-0.39, 0.29) is 12.2 Å². The number of aromatic nitrogens is 3. The standard InChI is InChI=1S/C23H24N4O3S/c1-5-26-13-17(14(3)25-26)12-18-21(28)27-20(16-10-8-7-9-11-16)19(22(29)30-6-2)15(4)24-23(27)31-18/h7-13,20H,5-6H2,1-4H3/b18-12+. The Labute approximate surface area is 183 Å². The van der Waals surface area contributed by atoms with Crippen LogP contribution in [-0.4, -0.2) is 26.9 Å². The van der Waals surface area contributed by atoms with Crippen LogP contribution in [0, 0.1) is 6.92 Å². The van der Waals surface area contributed by atoms with Crippen molar-refractivity contribution in [3.8, 4) is 0 Å². The van der Waals surface area contributed by atoms with Crippen molar-refractivity contribution in [1.82, 2.24) is 14.3 Å². The fraction of sp³-hybridized carbons (Fsp3) is 0.304. The molecule has 160 valence electrons. The van der Waals surface area contributed by atoms with E-state index in [0.29, 0.717) is 20.6 Å². The van der Waals surface area contributed by atoms with Crippen molar-refractivity contribution in [3.05, 3.63) is 84.3 Å². The van der Waals surface area contributed by atoms with Gasteiger partial charge in [0.25, 0.3) is 5.56 Å².